The van der Waals surface area contributed by atoms with Gasteiger partial charge in [0.1, 0.15) is 0 Å². The Morgan fingerprint density at radius 3 is 2.48 bits per heavy atom. The number of nitrogens with zero attached hydrogens (tertiary/aromatic N) is 1. The summed E-state index contributed by atoms with van der Waals surface area (Å²) in [5.41, 5.74) is -0.236. The van der Waals surface area contributed by atoms with Gasteiger partial charge in [0, 0.05) is 26.8 Å². The Hall–Kier alpha value is -0.810. The molecule has 0 heterocycles. The smallest absolute Gasteiger partial charge is 0.191 e. The van der Waals surface area contributed by atoms with Gasteiger partial charge >= 0.3 is 0 Å². The van der Waals surface area contributed by atoms with Crippen LogP contribution in [0.15, 0.2) is 4.99 Å². The summed E-state index contributed by atoms with van der Waals surface area (Å²) in [5, 5.41) is 6.73. The molecule has 1 aliphatic rings. The zero-order chi connectivity index (χ0) is 17.1. The van der Waals surface area contributed by atoms with Gasteiger partial charge in [0.2, 0.25) is 0 Å². The fraction of sp³-hybridized carbons (Fsp3) is 0.944. The SMILES string of the molecule is CCNC(=NCC(C)(C)OC)NCCC(OCC)C1CCCC1. The number of ether oxygens (including phenoxy) is 2. The second-order valence-electron chi connectivity index (χ2n) is 6.91. The molecule has 23 heavy (non-hydrogen) atoms. The fourth-order valence-corrected chi connectivity index (χ4v) is 3.01. The van der Waals surface area contributed by atoms with Crippen molar-refractivity contribution in [3.63, 3.8) is 0 Å². The highest BCUT2D eigenvalue weighted by Gasteiger charge is 2.25. The van der Waals surface area contributed by atoms with Gasteiger partial charge in [0.25, 0.3) is 0 Å². The minimum Gasteiger partial charge on any atom is -0.378 e. The van der Waals surface area contributed by atoms with Crippen molar-refractivity contribution in [2.24, 2.45) is 10.9 Å². The van der Waals surface area contributed by atoms with E-state index in [0.717, 1.165) is 38.0 Å². The maximum Gasteiger partial charge on any atom is 0.191 e. The van der Waals surface area contributed by atoms with Crippen molar-refractivity contribution in [3.8, 4) is 0 Å². The van der Waals surface area contributed by atoms with E-state index in [1.54, 1.807) is 7.11 Å². The van der Waals surface area contributed by atoms with E-state index < -0.39 is 0 Å². The molecule has 1 unspecified atom stereocenters. The summed E-state index contributed by atoms with van der Waals surface area (Å²) in [7, 11) is 1.73. The molecule has 0 radical (unpaired) electrons. The minimum absolute atomic E-state index is 0.236. The second kappa shape index (κ2) is 10.9. The molecule has 0 amide bonds. The number of rotatable bonds is 10. The van der Waals surface area contributed by atoms with E-state index in [9.17, 15) is 0 Å². The van der Waals surface area contributed by atoms with Crippen LogP contribution >= 0.6 is 0 Å². The average Bonchev–Trinajstić information content (AvgIpc) is 3.06. The fourth-order valence-electron chi connectivity index (χ4n) is 3.01. The van der Waals surface area contributed by atoms with Gasteiger partial charge < -0.3 is 20.1 Å². The average molecular weight is 328 g/mol. The molecule has 1 atom stereocenters. The lowest BCUT2D eigenvalue weighted by Crippen LogP contribution is -2.40. The number of aliphatic imine (C=N–C) groups is 1. The van der Waals surface area contributed by atoms with Crippen LogP contribution in [0.25, 0.3) is 0 Å². The lowest BCUT2D eigenvalue weighted by Gasteiger charge is -2.24. The van der Waals surface area contributed by atoms with Crippen molar-refractivity contribution in [3.05, 3.63) is 0 Å². The lowest BCUT2D eigenvalue weighted by molar-refractivity contribution is 0.0169. The van der Waals surface area contributed by atoms with Gasteiger partial charge in [-0.05, 0) is 52.9 Å². The van der Waals surface area contributed by atoms with Crippen molar-refractivity contribution in [1.29, 1.82) is 0 Å². The molecule has 2 N–H and O–H groups in total. The van der Waals surface area contributed by atoms with E-state index >= 15 is 0 Å². The molecule has 0 aromatic heterocycles. The predicted molar refractivity (Wildman–Crippen MR) is 97.1 cm³/mol. The first kappa shape index (κ1) is 20.2. The molecular formula is C18H37N3O2. The van der Waals surface area contributed by atoms with Gasteiger partial charge in [-0.3, -0.25) is 4.99 Å². The van der Waals surface area contributed by atoms with Gasteiger partial charge in [0.05, 0.1) is 18.2 Å². The topological polar surface area (TPSA) is 54.9 Å². The van der Waals surface area contributed by atoms with Crippen molar-refractivity contribution < 1.29 is 9.47 Å². The first-order valence-electron chi connectivity index (χ1n) is 9.21. The Kier molecular flexibility index (Phi) is 9.56. The van der Waals surface area contributed by atoms with Crippen LogP contribution in [0, 0.1) is 5.92 Å². The summed E-state index contributed by atoms with van der Waals surface area (Å²) in [6, 6.07) is 0. The number of hydrogen-bond acceptors (Lipinski definition) is 3. The number of methoxy groups -OCH3 is 1. The third-order valence-electron chi connectivity index (χ3n) is 4.54. The molecule has 0 aliphatic heterocycles. The van der Waals surface area contributed by atoms with Crippen LogP contribution in [0.1, 0.15) is 59.8 Å². The van der Waals surface area contributed by atoms with Crippen LogP contribution in [0.4, 0.5) is 0 Å². The van der Waals surface area contributed by atoms with E-state index in [2.05, 4.69) is 29.5 Å². The van der Waals surface area contributed by atoms with Crippen LogP contribution < -0.4 is 10.6 Å². The molecular weight excluding hydrogens is 290 g/mol. The van der Waals surface area contributed by atoms with Crippen molar-refractivity contribution >= 4 is 5.96 Å². The molecule has 1 aliphatic carbocycles. The third-order valence-corrected chi connectivity index (χ3v) is 4.54. The number of guanidine groups is 1. The molecule has 0 bridgehead atoms. The van der Waals surface area contributed by atoms with Gasteiger partial charge in [-0.1, -0.05) is 12.8 Å². The summed E-state index contributed by atoms with van der Waals surface area (Å²) in [5.74, 6) is 1.60. The van der Waals surface area contributed by atoms with E-state index in [1.165, 1.54) is 25.7 Å². The first-order valence-corrected chi connectivity index (χ1v) is 9.21. The first-order chi connectivity index (χ1) is 11.0. The largest absolute Gasteiger partial charge is 0.378 e. The van der Waals surface area contributed by atoms with Gasteiger partial charge in [-0.15, -0.1) is 0 Å². The second-order valence-corrected chi connectivity index (χ2v) is 6.91. The van der Waals surface area contributed by atoms with Crippen molar-refractivity contribution in [2.75, 3.05) is 33.4 Å². The molecule has 136 valence electrons. The van der Waals surface area contributed by atoms with Crippen molar-refractivity contribution in [2.45, 2.75) is 71.5 Å². The summed E-state index contributed by atoms with van der Waals surface area (Å²) in [4.78, 5) is 4.62. The normalized spacial score (nSPS) is 18.2. The van der Waals surface area contributed by atoms with Crippen molar-refractivity contribution in [1.82, 2.24) is 10.6 Å². The molecule has 1 fully saturated rings. The minimum atomic E-state index is -0.236. The maximum atomic E-state index is 5.98. The number of hydrogen-bond donors (Lipinski definition) is 2. The maximum absolute atomic E-state index is 5.98. The Labute approximate surface area is 142 Å². The molecule has 5 heteroatoms. The summed E-state index contributed by atoms with van der Waals surface area (Å²) >= 11 is 0. The molecule has 1 saturated carbocycles. The van der Waals surface area contributed by atoms with Gasteiger partial charge in [-0.25, -0.2) is 0 Å². The Bertz CT molecular complexity index is 339. The van der Waals surface area contributed by atoms with Crippen LogP contribution in [0.2, 0.25) is 0 Å². The van der Waals surface area contributed by atoms with E-state index in [1.807, 2.05) is 13.8 Å². The van der Waals surface area contributed by atoms with Gasteiger partial charge in [-0.2, -0.15) is 0 Å². The summed E-state index contributed by atoms with van der Waals surface area (Å²) in [6.07, 6.45) is 6.78. The molecule has 5 nitrogen and oxygen atoms in total. The number of nitrogens with one attached hydrogen (secondary N) is 2. The predicted octanol–water partition coefficient (Wildman–Crippen LogP) is 2.95. The Morgan fingerprint density at radius 1 is 1.22 bits per heavy atom. The molecule has 0 spiro atoms. The van der Waals surface area contributed by atoms with Gasteiger partial charge in [0.15, 0.2) is 5.96 Å². The highest BCUT2D eigenvalue weighted by Crippen LogP contribution is 2.30. The zero-order valence-electron chi connectivity index (χ0n) is 15.8. The summed E-state index contributed by atoms with van der Waals surface area (Å²) < 4.78 is 11.4. The zero-order valence-corrected chi connectivity index (χ0v) is 15.8. The monoisotopic (exact) mass is 327 g/mol. The van der Waals surface area contributed by atoms with E-state index in [4.69, 9.17) is 9.47 Å². The highest BCUT2D eigenvalue weighted by atomic mass is 16.5. The molecule has 0 saturated heterocycles. The van der Waals surface area contributed by atoms with Crippen LogP contribution in [-0.4, -0.2) is 51.0 Å². The Balaban J connectivity index is 2.44. The molecule has 0 aromatic carbocycles. The van der Waals surface area contributed by atoms with Crippen LogP contribution in [-0.2, 0) is 9.47 Å². The molecule has 1 rings (SSSR count). The molecule has 0 aromatic rings. The van der Waals surface area contributed by atoms with E-state index in [0.29, 0.717) is 12.6 Å². The Morgan fingerprint density at radius 2 is 1.91 bits per heavy atom. The van der Waals surface area contributed by atoms with Crippen LogP contribution in [0.5, 0.6) is 0 Å². The highest BCUT2D eigenvalue weighted by molar-refractivity contribution is 5.79. The lowest BCUT2D eigenvalue weighted by atomic mass is 9.98. The third kappa shape index (κ3) is 8.02. The van der Waals surface area contributed by atoms with Crippen LogP contribution in [0.3, 0.4) is 0 Å². The standard InChI is InChI=1S/C18H37N3O2/c1-6-19-17(21-14-18(3,4)22-5)20-13-12-16(23-7-2)15-10-8-9-11-15/h15-16H,6-14H2,1-5H3,(H2,19,20,21). The van der Waals surface area contributed by atoms with E-state index in [-0.39, 0.29) is 5.60 Å². The summed E-state index contributed by atoms with van der Waals surface area (Å²) in [6.45, 7) is 11.5. The quantitative estimate of drug-likeness (QED) is 0.478.